The van der Waals surface area contributed by atoms with Gasteiger partial charge in [-0.05, 0) is 18.6 Å². The van der Waals surface area contributed by atoms with Crippen LogP contribution in [0.2, 0.25) is 5.02 Å². The fraction of sp³-hybridized carbons (Fsp3) is 0.222. The lowest BCUT2D eigenvalue weighted by atomic mass is 10.0. The molecule has 0 saturated heterocycles. The van der Waals surface area contributed by atoms with Crippen LogP contribution in [-0.4, -0.2) is 16.0 Å². The minimum Gasteiger partial charge on any atom is -0.481 e. The number of carboxylic acid groups (broad SMARTS) is 1. The first kappa shape index (κ1) is 11.5. The van der Waals surface area contributed by atoms with Crippen LogP contribution in [-0.2, 0) is 11.2 Å². The Bertz CT molecular complexity index is 430. The van der Waals surface area contributed by atoms with E-state index in [-0.39, 0.29) is 17.1 Å². The van der Waals surface area contributed by atoms with E-state index in [4.69, 9.17) is 16.7 Å². The van der Waals surface area contributed by atoms with Crippen molar-refractivity contribution in [1.29, 1.82) is 0 Å². The van der Waals surface area contributed by atoms with Crippen LogP contribution in [0.3, 0.4) is 0 Å². The molecule has 1 rings (SSSR count). The Labute approximate surface area is 90.4 Å². The fourth-order valence-corrected chi connectivity index (χ4v) is 1.49. The van der Waals surface area contributed by atoms with Gasteiger partial charge < -0.3 is 5.11 Å². The van der Waals surface area contributed by atoms with Gasteiger partial charge in [-0.1, -0.05) is 11.6 Å². The molecule has 80 valence electrons. The smallest absolute Gasteiger partial charge is 0.307 e. The van der Waals surface area contributed by atoms with E-state index in [1.807, 2.05) is 0 Å². The highest BCUT2D eigenvalue weighted by Crippen LogP contribution is 2.26. The lowest BCUT2D eigenvalue weighted by Gasteiger charge is -2.04. The molecule has 0 heterocycles. The quantitative estimate of drug-likeness (QED) is 0.636. The van der Waals surface area contributed by atoms with Gasteiger partial charge in [-0.15, -0.1) is 0 Å². The number of rotatable bonds is 3. The number of benzene rings is 1. The van der Waals surface area contributed by atoms with Gasteiger partial charge in [0, 0.05) is 16.7 Å². The molecule has 1 aromatic rings. The number of nitro benzene ring substituents is 1. The van der Waals surface area contributed by atoms with Crippen LogP contribution in [0, 0.1) is 17.0 Å². The summed E-state index contributed by atoms with van der Waals surface area (Å²) in [7, 11) is 0. The molecule has 0 aromatic heterocycles. The van der Waals surface area contributed by atoms with E-state index >= 15 is 0 Å². The van der Waals surface area contributed by atoms with Crippen LogP contribution in [0.5, 0.6) is 0 Å². The van der Waals surface area contributed by atoms with E-state index in [0.29, 0.717) is 11.1 Å². The summed E-state index contributed by atoms with van der Waals surface area (Å²) in [6.45, 7) is 1.51. The maximum Gasteiger partial charge on any atom is 0.307 e. The number of hydrogen-bond acceptors (Lipinski definition) is 3. The van der Waals surface area contributed by atoms with E-state index < -0.39 is 10.9 Å². The standard InChI is InChI=1S/C9H8ClNO4/c1-5-6(3-9(12)13)2-7(10)4-8(5)11(14)15/h2,4H,3H2,1H3,(H,12,13). The van der Waals surface area contributed by atoms with Gasteiger partial charge in [0.2, 0.25) is 0 Å². The SMILES string of the molecule is Cc1c(CC(=O)O)cc(Cl)cc1[N+](=O)[O-]. The molecule has 0 fully saturated rings. The number of halogens is 1. The Hall–Kier alpha value is -1.62. The van der Waals surface area contributed by atoms with Crippen LogP contribution >= 0.6 is 11.6 Å². The summed E-state index contributed by atoms with van der Waals surface area (Å²) in [5, 5.41) is 19.4. The van der Waals surface area contributed by atoms with Gasteiger partial charge >= 0.3 is 5.97 Å². The third-order valence-corrected chi connectivity index (χ3v) is 2.21. The first-order valence-corrected chi connectivity index (χ1v) is 4.45. The Kier molecular flexibility index (Phi) is 3.26. The molecule has 0 unspecified atom stereocenters. The van der Waals surface area contributed by atoms with Crippen LogP contribution in [0.15, 0.2) is 12.1 Å². The van der Waals surface area contributed by atoms with Crippen molar-refractivity contribution in [2.75, 3.05) is 0 Å². The van der Waals surface area contributed by atoms with Gasteiger partial charge in [-0.25, -0.2) is 0 Å². The second-order valence-corrected chi connectivity index (χ2v) is 3.47. The van der Waals surface area contributed by atoms with Crippen molar-refractivity contribution >= 4 is 23.3 Å². The van der Waals surface area contributed by atoms with Crippen molar-refractivity contribution in [3.05, 3.63) is 38.4 Å². The molecule has 0 saturated carbocycles. The Morgan fingerprint density at radius 2 is 2.20 bits per heavy atom. The van der Waals surface area contributed by atoms with Crippen LogP contribution < -0.4 is 0 Å². The van der Waals surface area contributed by atoms with Gasteiger partial charge in [0.15, 0.2) is 0 Å². The van der Waals surface area contributed by atoms with Crippen LogP contribution in [0.25, 0.3) is 0 Å². The van der Waals surface area contributed by atoms with E-state index in [1.54, 1.807) is 0 Å². The van der Waals surface area contributed by atoms with Crippen molar-refractivity contribution < 1.29 is 14.8 Å². The zero-order chi connectivity index (χ0) is 11.6. The minimum absolute atomic E-state index is 0.154. The zero-order valence-corrected chi connectivity index (χ0v) is 8.61. The molecule has 6 heteroatoms. The highest BCUT2D eigenvalue weighted by molar-refractivity contribution is 6.30. The topological polar surface area (TPSA) is 80.4 Å². The molecule has 0 aliphatic carbocycles. The average Bonchev–Trinajstić information content (AvgIpc) is 2.09. The number of carbonyl (C=O) groups is 1. The Morgan fingerprint density at radius 1 is 1.60 bits per heavy atom. The molecule has 1 aromatic carbocycles. The van der Waals surface area contributed by atoms with E-state index in [2.05, 4.69) is 0 Å². The normalized spacial score (nSPS) is 10.0. The van der Waals surface area contributed by atoms with E-state index in [0.717, 1.165) is 0 Å². The van der Waals surface area contributed by atoms with Crippen molar-refractivity contribution in [1.82, 2.24) is 0 Å². The number of hydrogen-bond donors (Lipinski definition) is 1. The third kappa shape index (κ3) is 2.66. The summed E-state index contributed by atoms with van der Waals surface area (Å²) in [5.74, 6) is -1.05. The van der Waals surface area contributed by atoms with Crippen LogP contribution in [0.4, 0.5) is 5.69 Å². The van der Waals surface area contributed by atoms with Gasteiger partial charge in [0.05, 0.1) is 11.3 Å². The van der Waals surface area contributed by atoms with Crippen molar-refractivity contribution in [3.8, 4) is 0 Å². The maximum atomic E-state index is 10.6. The second-order valence-electron chi connectivity index (χ2n) is 3.04. The van der Waals surface area contributed by atoms with Gasteiger partial charge in [-0.3, -0.25) is 14.9 Å². The highest BCUT2D eigenvalue weighted by atomic mass is 35.5. The molecule has 1 N–H and O–H groups in total. The lowest BCUT2D eigenvalue weighted by molar-refractivity contribution is -0.385. The van der Waals surface area contributed by atoms with Crippen molar-refractivity contribution in [3.63, 3.8) is 0 Å². The Morgan fingerprint density at radius 3 is 2.67 bits per heavy atom. The highest BCUT2D eigenvalue weighted by Gasteiger charge is 2.16. The summed E-state index contributed by atoms with van der Waals surface area (Å²) in [6, 6.07) is 2.64. The summed E-state index contributed by atoms with van der Waals surface area (Å²) in [5.41, 5.74) is 0.548. The summed E-state index contributed by atoms with van der Waals surface area (Å²) < 4.78 is 0. The molecule has 0 atom stereocenters. The monoisotopic (exact) mass is 229 g/mol. The molecule has 0 bridgehead atoms. The molecule has 0 amide bonds. The summed E-state index contributed by atoms with van der Waals surface area (Å²) >= 11 is 5.65. The molecule has 0 aliphatic rings. The van der Waals surface area contributed by atoms with Crippen molar-refractivity contribution in [2.45, 2.75) is 13.3 Å². The molecule has 0 radical (unpaired) electrons. The summed E-state index contributed by atoms with van der Waals surface area (Å²) in [4.78, 5) is 20.5. The van der Waals surface area contributed by atoms with Gasteiger partial charge in [-0.2, -0.15) is 0 Å². The zero-order valence-electron chi connectivity index (χ0n) is 7.86. The average molecular weight is 230 g/mol. The van der Waals surface area contributed by atoms with Gasteiger partial charge in [0.1, 0.15) is 0 Å². The molecule has 5 nitrogen and oxygen atoms in total. The summed E-state index contributed by atoms with van der Waals surface area (Å²) in [6.07, 6.45) is -0.271. The van der Waals surface area contributed by atoms with E-state index in [1.165, 1.54) is 19.1 Å². The van der Waals surface area contributed by atoms with Gasteiger partial charge in [0.25, 0.3) is 5.69 Å². The minimum atomic E-state index is -1.05. The third-order valence-electron chi connectivity index (χ3n) is 1.99. The second kappa shape index (κ2) is 4.27. The molecule has 0 aliphatic heterocycles. The largest absolute Gasteiger partial charge is 0.481 e. The molecule has 0 spiro atoms. The first-order valence-electron chi connectivity index (χ1n) is 4.07. The molecular weight excluding hydrogens is 222 g/mol. The number of nitrogens with zero attached hydrogens (tertiary/aromatic N) is 1. The number of nitro groups is 1. The number of carboxylic acids is 1. The predicted molar refractivity (Wildman–Crippen MR) is 54.2 cm³/mol. The number of aliphatic carboxylic acids is 1. The Balaban J connectivity index is 3.28. The fourth-order valence-electron chi connectivity index (χ4n) is 1.26. The molecule has 15 heavy (non-hydrogen) atoms. The maximum absolute atomic E-state index is 10.6. The van der Waals surface area contributed by atoms with Crippen LogP contribution in [0.1, 0.15) is 11.1 Å². The molecular formula is C9H8ClNO4. The lowest BCUT2D eigenvalue weighted by Crippen LogP contribution is -2.04. The first-order chi connectivity index (χ1) is 6.91. The van der Waals surface area contributed by atoms with Crippen molar-refractivity contribution in [2.24, 2.45) is 0 Å². The predicted octanol–water partition coefficient (Wildman–Crippen LogP) is 2.18. The van der Waals surface area contributed by atoms with E-state index in [9.17, 15) is 14.9 Å².